The highest BCUT2D eigenvalue weighted by Gasteiger charge is 2.66. The monoisotopic (exact) mass is 533 g/mol. The molecule has 0 N–H and O–H groups in total. The van der Waals surface area contributed by atoms with E-state index in [9.17, 15) is 0 Å². The molecule has 0 amide bonds. The van der Waals surface area contributed by atoms with Crippen molar-refractivity contribution in [3.8, 4) is 0 Å². The van der Waals surface area contributed by atoms with E-state index in [1.807, 2.05) is 0 Å². The molecule has 8 fully saturated rings. The van der Waals surface area contributed by atoms with Gasteiger partial charge in [0.2, 0.25) is 0 Å². The second-order valence-electron chi connectivity index (χ2n) is 18.5. The maximum Gasteiger partial charge on any atom is -0.0318 e. The van der Waals surface area contributed by atoms with Gasteiger partial charge in [-0.1, -0.05) is 67.7 Å². The number of hydrogen-bond acceptors (Lipinski definition) is 0. The van der Waals surface area contributed by atoms with E-state index in [0.717, 1.165) is 124 Å². The third-order valence-electron chi connectivity index (χ3n) is 17.7. The van der Waals surface area contributed by atoms with Crippen LogP contribution in [-0.4, -0.2) is 0 Å². The minimum absolute atomic E-state index is 0.973. The van der Waals surface area contributed by atoms with Gasteiger partial charge in [0.15, 0.2) is 0 Å². The standard InChI is InChI=1S/C39H64/c1-19-13-26-15-20(2)29(35(26)14-19)16-31-25(7)34-18-33-24(6)28-12-10-8-9-11-27-23(5)32(39(33)37(27)28)17-30-21(3)22(4)36(31)38(30)34/h19-39H,8-18H2,1-7H3. The third kappa shape index (κ3) is 3.66. The van der Waals surface area contributed by atoms with Gasteiger partial charge in [0, 0.05) is 0 Å². The van der Waals surface area contributed by atoms with Crippen molar-refractivity contribution >= 4 is 0 Å². The van der Waals surface area contributed by atoms with E-state index < -0.39 is 0 Å². The van der Waals surface area contributed by atoms with Crippen LogP contribution >= 0.6 is 0 Å². The molecule has 220 valence electrons. The highest BCUT2D eigenvalue weighted by atomic mass is 14.7. The molecule has 0 spiro atoms. The Morgan fingerprint density at radius 2 is 0.974 bits per heavy atom. The fourth-order valence-corrected chi connectivity index (χ4v) is 16.2. The van der Waals surface area contributed by atoms with Crippen molar-refractivity contribution in [2.45, 2.75) is 119 Å². The summed E-state index contributed by atoms with van der Waals surface area (Å²) < 4.78 is 0. The largest absolute Gasteiger partial charge is 0.0625 e. The number of hydrogen-bond donors (Lipinski definition) is 0. The summed E-state index contributed by atoms with van der Waals surface area (Å²) in [6, 6.07) is 0. The minimum atomic E-state index is 0.973. The predicted octanol–water partition coefficient (Wildman–Crippen LogP) is 10.5. The SMILES string of the molecule is CC1CC2CC(C)C(CC3C(C)C4CC5C(C)C6CCCCCC7C(C)C(CC8C(C)C(C)C3C84)C5C76)C2C1. The molecule has 0 aromatic carbocycles. The topological polar surface area (TPSA) is 0 Å². The van der Waals surface area contributed by atoms with Crippen molar-refractivity contribution in [3.05, 3.63) is 0 Å². The molecule has 21 atom stereocenters. The average Bonchev–Trinajstić information content (AvgIpc) is 3.62. The zero-order valence-corrected chi connectivity index (χ0v) is 26.9. The van der Waals surface area contributed by atoms with E-state index >= 15 is 0 Å². The Bertz CT molecular complexity index is 919. The van der Waals surface area contributed by atoms with Gasteiger partial charge in [0.25, 0.3) is 0 Å². The van der Waals surface area contributed by atoms with Crippen LogP contribution in [0.5, 0.6) is 0 Å². The lowest BCUT2D eigenvalue weighted by Gasteiger charge is -2.42. The van der Waals surface area contributed by atoms with E-state index in [2.05, 4.69) is 48.5 Å². The molecule has 8 rings (SSSR count). The molecule has 21 unspecified atom stereocenters. The number of rotatable bonds is 2. The summed E-state index contributed by atoms with van der Waals surface area (Å²) in [6.45, 7) is 19.1. The zero-order chi connectivity index (χ0) is 26.9. The van der Waals surface area contributed by atoms with Crippen molar-refractivity contribution in [1.29, 1.82) is 0 Å². The summed E-state index contributed by atoms with van der Waals surface area (Å²) in [4.78, 5) is 0. The summed E-state index contributed by atoms with van der Waals surface area (Å²) >= 11 is 0. The van der Waals surface area contributed by atoms with Crippen LogP contribution in [0.15, 0.2) is 0 Å². The minimum Gasteiger partial charge on any atom is -0.0625 e. The van der Waals surface area contributed by atoms with Gasteiger partial charge in [0.1, 0.15) is 0 Å². The molecule has 0 bridgehead atoms. The zero-order valence-electron chi connectivity index (χ0n) is 26.9. The summed E-state index contributed by atoms with van der Waals surface area (Å²) in [5, 5.41) is 0. The molecule has 8 aliphatic rings. The van der Waals surface area contributed by atoms with Crippen molar-refractivity contribution in [3.63, 3.8) is 0 Å². The Balaban J connectivity index is 1.13. The van der Waals surface area contributed by atoms with Gasteiger partial charge in [-0.2, -0.15) is 0 Å². The quantitative estimate of drug-likeness (QED) is 0.332. The van der Waals surface area contributed by atoms with Gasteiger partial charge in [-0.3, -0.25) is 0 Å². The lowest BCUT2D eigenvalue weighted by atomic mass is 9.63. The highest BCUT2D eigenvalue weighted by Crippen LogP contribution is 2.72. The maximum absolute atomic E-state index is 2.82. The first-order chi connectivity index (χ1) is 18.8. The molecule has 39 heavy (non-hydrogen) atoms. The molecular formula is C39H64. The molecule has 0 aliphatic heterocycles. The smallest absolute Gasteiger partial charge is 0.0318 e. The van der Waals surface area contributed by atoms with E-state index in [1.54, 1.807) is 64.2 Å². The van der Waals surface area contributed by atoms with Crippen LogP contribution in [0.25, 0.3) is 0 Å². The van der Waals surface area contributed by atoms with E-state index in [-0.39, 0.29) is 0 Å². The van der Waals surface area contributed by atoms with E-state index in [0.29, 0.717) is 0 Å². The fourth-order valence-electron chi connectivity index (χ4n) is 16.2. The van der Waals surface area contributed by atoms with Crippen LogP contribution < -0.4 is 0 Å². The molecule has 0 aromatic heterocycles. The Morgan fingerprint density at radius 3 is 1.64 bits per heavy atom. The van der Waals surface area contributed by atoms with Crippen LogP contribution in [0.1, 0.15) is 119 Å². The van der Waals surface area contributed by atoms with E-state index in [4.69, 9.17) is 0 Å². The Hall–Kier alpha value is 0. The predicted molar refractivity (Wildman–Crippen MR) is 164 cm³/mol. The fraction of sp³-hybridized carbons (Fsp3) is 1.00. The molecule has 8 saturated carbocycles. The normalized spacial score (nSPS) is 65.2. The van der Waals surface area contributed by atoms with Crippen molar-refractivity contribution in [1.82, 2.24) is 0 Å². The van der Waals surface area contributed by atoms with Crippen molar-refractivity contribution in [2.24, 2.45) is 124 Å². The van der Waals surface area contributed by atoms with Gasteiger partial charge >= 0.3 is 0 Å². The highest BCUT2D eigenvalue weighted by molar-refractivity contribution is 5.14. The molecule has 0 heterocycles. The van der Waals surface area contributed by atoms with Gasteiger partial charge in [-0.25, -0.2) is 0 Å². The lowest BCUT2D eigenvalue weighted by molar-refractivity contribution is 0.0614. The summed E-state index contributed by atoms with van der Waals surface area (Å²) in [6.07, 6.45) is 17.4. The van der Waals surface area contributed by atoms with Crippen LogP contribution in [0.3, 0.4) is 0 Å². The first-order valence-electron chi connectivity index (χ1n) is 18.8. The molecule has 0 aromatic rings. The second kappa shape index (κ2) is 9.50. The Labute approximate surface area is 243 Å². The summed E-state index contributed by atoms with van der Waals surface area (Å²) in [5.41, 5.74) is 0. The van der Waals surface area contributed by atoms with Crippen molar-refractivity contribution < 1.29 is 0 Å². The molecule has 0 nitrogen and oxygen atoms in total. The van der Waals surface area contributed by atoms with Crippen LogP contribution in [0.2, 0.25) is 0 Å². The van der Waals surface area contributed by atoms with Gasteiger partial charge in [0.05, 0.1) is 0 Å². The average molecular weight is 533 g/mol. The Kier molecular flexibility index (Phi) is 6.48. The molecule has 0 heteroatoms. The third-order valence-corrected chi connectivity index (χ3v) is 17.7. The van der Waals surface area contributed by atoms with E-state index in [1.165, 1.54) is 6.42 Å². The van der Waals surface area contributed by atoms with Gasteiger partial charge in [-0.15, -0.1) is 0 Å². The van der Waals surface area contributed by atoms with Crippen LogP contribution in [-0.2, 0) is 0 Å². The van der Waals surface area contributed by atoms with Gasteiger partial charge < -0.3 is 0 Å². The maximum atomic E-state index is 2.82. The summed E-state index contributed by atoms with van der Waals surface area (Å²) in [5.74, 6) is 22.0. The second-order valence-corrected chi connectivity index (χ2v) is 18.5. The van der Waals surface area contributed by atoms with Gasteiger partial charge in [-0.05, 0) is 176 Å². The van der Waals surface area contributed by atoms with Crippen LogP contribution in [0, 0.1) is 124 Å². The van der Waals surface area contributed by atoms with Crippen molar-refractivity contribution in [2.75, 3.05) is 0 Å². The molecule has 8 aliphatic carbocycles. The summed E-state index contributed by atoms with van der Waals surface area (Å²) in [7, 11) is 0. The van der Waals surface area contributed by atoms with Crippen LogP contribution in [0.4, 0.5) is 0 Å². The first-order valence-corrected chi connectivity index (χ1v) is 18.8. The molecule has 0 radical (unpaired) electrons. The Morgan fingerprint density at radius 1 is 0.410 bits per heavy atom. The first kappa shape index (κ1) is 26.6. The lowest BCUT2D eigenvalue weighted by Crippen LogP contribution is -2.36. The molecule has 0 saturated heterocycles. The number of fused-ring (bicyclic) bond motifs is 1. The molecular weight excluding hydrogens is 468 g/mol.